The summed E-state index contributed by atoms with van der Waals surface area (Å²) in [6.45, 7) is 3.10. The lowest BCUT2D eigenvalue weighted by molar-refractivity contribution is -0.385. The Kier molecular flexibility index (Phi) is 8.42. The lowest BCUT2D eigenvalue weighted by Crippen LogP contribution is -2.63. The molecule has 0 bridgehead atoms. The third-order valence-electron chi connectivity index (χ3n) is 5.65. The largest absolute Gasteiger partial charge is 0.478 e. The third-order valence-corrected chi connectivity index (χ3v) is 5.65. The number of nitro groups is 1. The van der Waals surface area contributed by atoms with Crippen LogP contribution in [0.3, 0.4) is 0 Å². The van der Waals surface area contributed by atoms with E-state index in [1.54, 1.807) is 6.92 Å². The summed E-state index contributed by atoms with van der Waals surface area (Å²) in [6, 6.07) is 12.5. The zero-order valence-electron chi connectivity index (χ0n) is 20.3. The van der Waals surface area contributed by atoms with Crippen molar-refractivity contribution in [1.82, 2.24) is 10.6 Å². The van der Waals surface area contributed by atoms with Crippen molar-refractivity contribution >= 4 is 17.6 Å². The minimum absolute atomic E-state index is 0.0663. The van der Waals surface area contributed by atoms with Gasteiger partial charge in [0.05, 0.1) is 17.5 Å². The van der Waals surface area contributed by atoms with Crippen LogP contribution in [0.2, 0.25) is 0 Å². The lowest BCUT2D eigenvalue weighted by Gasteiger charge is -2.48. The number of carbonyl (C=O) groups is 1. The maximum atomic E-state index is 12.2. The minimum atomic E-state index is -1.40. The molecule has 2 aromatic rings. The van der Waals surface area contributed by atoms with E-state index in [1.807, 2.05) is 36.5 Å². The van der Waals surface area contributed by atoms with Gasteiger partial charge in [-0.2, -0.15) is 5.26 Å². The molecule has 0 amide bonds. The highest BCUT2D eigenvalue weighted by Crippen LogP contribution is 2.45. The molecule has 12 nitrogen and oxygen atoms in total. The van der Waals surface area contributed by atoms with Crippen LogP contribution in [-0.2, 0) is 25.5 Å². The van der Waals surface area contributed by atoms with Gasteiger partial charge in [-0.1, -0.05) is 30.3 Å². The quantitative estimate of drug-likeness (QED) is 0.0811. The summed E-state index contributed by atoms with van der Waals surface area (Å²) in [4.78, 5) is 27.6. The van der Waals surface area contributed by atoms with Crippen LogP contribution < -0.4 is 15.4 Å². The zero-order valence-corrected chi connectivity index (χ0v) is 20.3. The number of ether oxygens (including phenoxy) is 4. The normalized spacial score (nSPS) is 21.1. The first-order valence-electron chi connectivity index (χ1n) is 10.9. The molecule has 1 aliphatic heterocycles. The van der Waals surface area contributed by atoms with Crippen molar-refractivity contribution in [3.8, 4) is 11.9 Å². The molecule has 0 saturated heterocycles. The van der Waals surface area contributed by atoms with Gasteiger partial charge in [0.25, 0.3) is 5.69 Å². The van der Waals surface area contributed by atoms with Gasteiger partial charge in [-0.3, -0.25) is 20.2 Å². The van der Waals surface area contributed by atoms with Crippen molar-refractivity contribution in [2.45, 2.75) is 44.4 Å². The number of fused-ring (bicyclic) bond motifs is 1. The van der Waals surface area contributed by atoms with Crippen molar-refractivity contribution in [2.75, 3.05) is 14.2 Å². The molecule has 0 spiro atoms. The Morgan fingerprint density at radius 1 is 1.28 bits per heavy atom. The van der Waals surface area contributed by atoms with Crippen LogP contribution in [0.25, 0.3) is 0 Å². The van der Waals surface area contributed by atoms with Gasteiger partial charge < -0.3 is 24.3 Å². The zero-order chi connectivity index (χ0) is 26.3. The predicted molar refractivity (Wildman–Crippen MR) is 128 cm³/mol. The van der Waals surface area contributed by atoms with Gasteiger partial charge in [0.2, 0.25) is 12.2 Å². The Morgan fingerprint density at radius 2 is 1.97 bits per heavy atom. The molecule has 190 valence electrons. The number of nitro benzene ring substituents is 1. The van der Waals surface area contributed by atoms with Gasteiger partial charge in [-0.05, 0) is 18.6 Å². The number of nitrogens with one attached hydrogen (secondary N) is 2. The number of aliphatic imine (C=N–C) groups is 1. The number of methoxy groups -OCH3 is 2. The van der Waals surface area contributed by atoms with E-state index >= 15 is 0 Å². The number of hydrogen-bond acceptors (Lipinski definition) is 9. The van der Waals surface area contributed by atoms with Crippen LogP contribution in [0.1, 0.15) is 31.0 Å². The second-order valence-corrected chi connectivity index (χ2v) is 8.11. The molecule has 2 aromatic carbocycles. The molecular formula is C24H27N5O7. The van der Waals surface area contributed by atoms with Crippen molar-refractivity contribution in [1.29, 1.82) is 5.26 Å². The van der Waals surface area contributed by atoms with Gasteiger partial charge in [-0.15, -0.1) is 0 Å². The van der Waals surface area contributed by atoms with Crippen LogP contribution in [0.15, 0.2) is 53.5 Å². The molecule has 2 N–H and O–H groups in total. The number of guanidine groups is 1. The second kappa shape index (κ2) is 11.5. The highest BCUT2D eigenvalue weighted by Gasteiger charge is 2.55. The number of esters is 1. The maximum Gasteiger partial charge on any atom is 0.303 e. The second-order valence-electron chi connectivity index (χ2n) is 8.11. The monoisotopic (exact) mass is 497 g/mol. The van der Waals surface area contributed by atoms with Crippen LogP contribution >= 0.6 is 0 Å². The van der Waals surface area contributed by atoms with Gasteiger partial charge in [0.1, 0.15) is 5.75 Å². The van der Waals surface area contributed by atoms with Crippen LogP contribution in [-0.4, -0.2) is 49.1 Å². The van der Waals surface area contributed by atoms with E-state index < -0.39 is 34.9 Å². The first-order valence-corrected chi connectivity index (χ1v) is 10.9. The van der Waals surface area contributed by atoms with E-state index in [-0.39, 0.29) is 23.9 Å². The summed E-state index contributed by atoms with van der Waals surface area (Å²) >= 11 is 0. The van der Waals surface area contributed by atoms with Crippen LogP contribution in [0, 0.1) is 21.6 Å². The Morgan fingerprint density at radius 3 is 2.56 bits per heavy atom. The number of hydrogen-bond donors (Lipinski definition) is 2. The average molecular weight is 498 g/mol. The predicted octanol–water partition coefficient (Wildman–Crippen LogP) is 2.55. The lowest BCUT2D eigenvalue weighted by atomic mass is 9.84. The van der Waals surface area contributed by atoms with Gasteiger partial charge in [0.15, 0.2) is 17.9 Å². The Labute approximate surface area is 208 Å². The molecule has 0 saturated carbocycles. The number of nitriles is 1. The van der Waals surface area contributed by atoms with Gasteiger partial charge in [-0.25, -0.2) is 4.99 Å². The van der Waals surface area contributed by atoms with Crippen molar-refractivity contribution in [3.63, 3.8) is 0 Å². The molecule has 3 rings (SSSR count). The fraction of sp³-hybridized carbons (Fsp3) is 0.375. The smallest absolute Gasteiger partial charge is 0.303 e. The van der Waals surface area contributed by atoms with E-state index in [0.717, 1.165) is 5.56 Å². The Hall–Kier alpha value is -4.21. The Balaban J connectivity index is 2.13. The fourth-order valence-electron chi connectivity index (χ4n) is 4.11. The first-order chi connectivity index (χ1) is 17.2. The molecule has 0 fully saturated rings. The number of carbonyl (C=O) groups excluding carboxylic acids is 1. The van der Waals surface area contributed by atoms with Crippen LogP contribution in [0.5, 0.6) is 5.75 Å². The molecule has 12 heteroatoms. The number of nitrogens with zero attached hydrogens (tertiary/aromatic N) is 3. The summed E-state index contributed by atoms with van der Waals surface area (Å²) in [6.07, 6.45) is -0.282. The number of benzene rings is 2. The SMILES string of the molecule is COC(OC)C1(C)Oc2ccc([N+](=O)[O-])cc2C(NC(=NCc2ccccc2)NC#N)C1OC(C)=O. The molecule has 3 atom stereocenters. The minimum Gasteiger partial charge on any atom is -0.478 e. The van der Waals surface area contributed by atoms with Crippen molar-refractivity contribution in [2.24, 2.45) is 4.99 Å². The van der Waals surface area contributed by atoms with Crippen molar-refractivity contribution in [3.05, 3.63) is 69.8 Å². The summed E-state index contributed by atoms with van der Waals surface area (Å²) < 4.78 is 22.8. The molecule has 0 aliphatic carbocycles. The summed E-state index contributed by atoms with van der Waals surface area (Å²) in [5.74, 6) is -0.281. The standard InChI is InChI=1S/C24H27N5O7/c1-15(30)35-21-20(28-23(27-14-25)26-13-16-8-6-5-7-9-16)18-12-17(29(31)32)10-11-19(18)36-24(21,2)22(33-3)34-4/h5-12,20-22H,13H2,1-4H3,(H2,26,27,28). The summed E-state index contributed by atoms with van der Waals surface area (Å²) in [5.41, 5.74) is -0.376. The topological polar surface area (TPSA) is 157 Å². The Bertz CT molecular complexity index is 1160. The van der Waals surface area contributed by atoms with E-state index in [1.165, 1.54) is 39.3 Å². The summed E-state index contributed by atoms with van der Waals surface area (Å²) in [5, 5.41) is 26.4. The van der Waals surface area contributed by atoms with Gasteiger partial charge in [0, 0.05) is 38.8 Å². The molecule has 0 radical (unpaired) electrons. The first kappa shape index (κ1) is 26.4. The molecule has 1 heterocycles. The number of rotatable bonds is 8. The fourth-order valence-corrected chi connectivity index (χ4v) is 4.11. The van der Waals surface area contributed by atoms with Gasteiger partial charge >= 0.3 is 5.97 Å². The molecule has 36 heavy (non-hydrogen) atoms. The van der Waals surface area contributed by atoms with E-state index in [4.69, 9.17) is 18.9 Å². The van der Waals surface area contributed by atoms with E-state index in [9.17, 15) is 20.2 Å². The van der Waals surface area contributed by atoms with Crippen LogP contribution in [0.4, 0.5) is 5.69 Å². The van der Waals surface area contributed by atoms with E-state index in [0.29, 0.717) is 5.56 Å². The highest BCUT2D eigenvalue weighted by atomic mass is 16.7. The maximum absolute atomic E-state index is 12.2. The molecule has 0 aromatic heterocycles. The molecule has 3 unspecified atom stereocenters. The number of non-ortho nitro benzene ring substituents is 1. The average Bonchev–Trinajstić information content (AvgIpc) is 2.85. The third kappa shape index (κ3) is 5.70. The highest BCUT2D eigenvalue weighted by molar-refractivity contribution is 5.82. The molecule has 1 aliphatic rings. The molecular weight excluding hydrogens is 470 g/mol. The van der Waals surface area contributed by atoms with Crippen molar-refractivity contribution < 1.29 is 28.7 Å². The summed E-state index contributed by atoms with van der Waals surface area (Å²) in [7, 11) is 2.82. The van der Waals surface area contributed by atoms with E-state index in [2.05, 4.69) is 15.6 Å².